The molecule has 1 heterocycles. The van der Waals surface area contributed by atoms with Gasteiger partial charge >= 0.3 is 0 Å². The molecule has 0 fully saturated rings. The molecular formula is C17H13Br2NO. The van der Waals surface area contributed by atoms with Crippen LogP contribution in [0.3, 0.4) is 0 Å². The smallest absolute Gasteiger partial charge is 0.0851 e. The quantitative estimate of drug-likeness (QED) is 0.661. The first-order valence-corrected chi connectivity index (χ1v) is 8.19. The van der Waals surface area contributed by atoms with Crippen molar-refractivity contribution in [1.82, 2.24) is 4.98 Å². The highest BCUT2D eigenvalue weighted by molar-refractivity contribution is 9.11. The largest absolute Gasteiger partial charge is 0.388 e. The predicted molar refractivity (Wildman–Crippen MR) is 92.2 cm³/mol. The van der Waals surface area contributed by atoms with Gasteiger partial charge in [0.15, 0.2) is 0 Å². The summed E-state index contributed by atoms with van der Waals surface area (Å²) < 4.78 is 2.03. The van der Waals surface area contributed by atoms with Crippen molar-refractivity contribution in [3.63, 3.8) is 0 Å². The Hall–Kier alpha value is -1.23. The summed E-state index contributed by atoms with van der Waals surface area (Å²) in [5.74, 6) is 0. The monoisotopic (exact) mass is 405 g/mol. The number of fused-ring (bicyclic) bond motifs is 1. The van der Waals surface area contributed by atoms with Gasteiger partial charge in [-0.15, -0.1) is 0 Å². The topological polar surface area (TPSA) is 33.1 Å². The molecule has 0 aliphatic carbocycles. The van der Waals surface area contributed by atoms with E-state index in [9.17, 15) is 5.11 Å². The summed E-state index contributed by atoms with van der Waals surface area (Å²) in [6, 6.07) is 15.8. The molecule has 1 atom stereocenters. The van der Waals surface area contributed by atoms with Crippen LogP contribution in [0.5, 0.6) is 0 Å². The van der Waals surface area contributed by atoms with Crippen LogP contribution in [0.1, 0.15) is 17.2 Å². The average molecular weight is 407 g/mol. The molecule has 0 amide bonds. The Labute approximate surface area is 140 Å². The van der Waals surface area contributed by atoms with E-state index in [1.54, 1.807) is 6.20 Å². The first kappa shape index (κ1) is 14.7. The molecule has 1 aromatic heterocycles. The summed E-state index contributed by atoms with van der Waals surface area (Å²) in [5.41, 5.74) is 2.80. The lowest BCUT2D eigenvalue weighted by molar-refractivity contribution is 0.180. The van der Waals surface area contributed by atoms with Crippen molar-refractivity contribution in [3.05, 3.63) is 74.8 Å². The maximum atomic E-state index is 10.6. The second kappa shape index (κ2) is 6.26. The van der Waals surface area contributed by atoms with Crippen molar-refractivity contribution < 1.29 is 5.11 Å². The third kappa shape index (κ3) is 3.18. The van der Waals surface area contributed by atoms with Crippen molar-refractivity contribution in [2.45, 2.75) is 12.5 Å². The third-order valence-electron chi connectivity index (χ3n) is 3.45. The van der Waals surface area contributed by atoms with Crippen molar-refractivity contribution in [2.75, 3.05) is 0 Å². The maximum absolute atomic E-state index is 10.6. The molecule has 4 heteroatoms. The fourth-order valence-electron chi connectivity index (χ4n) is 2.38. The first-order valence-electron chi connectivity index (χ1n) is 6.61. The molecule has 21 heavy (non-hydrogen) atoms. The molecule has 3 rings (SSSR count). The predicted octanol–water partition coefficient (Wildman–Crippen LogP) is 5.04. The number of benzene rings is 2. The highest BCUT2D eigenvalue weighted by Crippen LogP contribution is 2.30. The minimum atomic E-state index is -0.573. The molecule has 2 aromatic carbocycles. The number of hydrogen-bond donors (Lipinski definition) is 1. The molecule has 1 unspecified atom stereocenters. The zero-order valence-electron chi connectivity index (χ0n) is 11.1. The summed E-state index contributed by atoms with van der Waals surface area (Å²) in [6.45, 7) is 0. The van der Waals surface area contributed by atoms with E-state index in [0.717, 1.165) is 31.0 Å². The number of aromatic nitrogens is 1. The zero-order valence-corrected chi connectivity index (χ0v) is 14.3. The van der Waals surface area contributed by atoms with E-state index in [1.165, 1.54) is 0 Å². The Morgan fingerprint density at radius 1 is 1.00 bits per heavy atom. The standard InChI is InChI=1S/C17H13Br2NO/c18-12-5-3-11(4-6-12)10-16(21)14-7-8-15(19)13-2-1-9-20-17(13)14/h1-9,16,21H,10H2. The Balaban J connectivity index is 1.96. The molecule has 0 aliphatic heterocycles. The summed E-state index contributed by atoms with van der Waals surface area (Å²) in [4.78, 5) is 4.42. The van der Waals surface area contributed by atoms with Crippen molar-refractivity contribution in [2.24, 2.45) is 0 Å². The molecule has 0 saturated carbocycles. The second-order valence-electron chi connectivity index (χ2n) is 4.88. The van der Waals surface area contributed by atoms with Crippen LogP contribution >= 0.6 is 31.9 Å². The Morgan fingerprint density at radius 2 is 1.76 bits per heavy atom. The van der Waals surface area contributed by atoms with Gasteiger partial charge in [0.25, 0.3) is 0 Å². The molecule has 0 saturated heterocycles. The summed E-state index contributed by atoms with van der Waals surface area (Å²) in [5, 5.41) is 11.6. The van der Waals surface area contributed by atoms with Crippen LogP contribution in [-0.2, 0) is 6.42 Å². The van der Waals surface area contributed by atoms with E-state index in [-0.39, 0.29) is 0 Å². The van der Waals surface area contributed by atoms with Gasteiger partial charge in [-0.2, -0.15) is 0 Å². The number of hydrogen-bond acceptors (Lipinski definition) is 2. The van der Waals surface area contributed by atoms with Crippen LogP contribution < -0.4 is 0 Å². The van der Waals surface area contributed by atoms with Crippen LogP contribution in [-0.4, -0.2) is 10.1 Å². The average Bonchev–Trinajstić information content (AvgIpc) is 2.50. The van der Waals surface area contributed by atoms with E-state index in [2.05, 4.69) is 36.8 Å². The van der Waals surface area contributed by atoms with Gasteiger partial charge in [0, 0.05) is 32.5 Å². The summed E-state index contributed by atoms with van der Waals surface area (Å²) >= 11 is 6.95. The number of aliphatic hydroxyl groups excluding tert-OH is 1. The van der Waals surface area contributed by atoms with Crippen LogP contribution in [0, 0.1) is 0 Å². The number of rotatable bonds is 3. The molecule has 106 valence electrons. The van der Waals surface area contributed by atoms with Crippen LogP contribution in [0.25, 0.3) is 10.9 Å². The minimum absolute atomic E-state index is 0.570. The lowest BCUT2D eigenvalue weighted by Crippen LogP contribution is -2.03. The SMILES string of the molecule is OC(Cc1ccc(Br)cc1)c1ccc(Br)c2cccnc12. The van der Waals surface area contributed by atoms with Gasteiger partial charge in [0.1, 0.15) is 0 Å². The number of pyridine rings is 1. The Kier molecular flexibility index (Phi) is 4.38. The normalized spacial score (nSPS) is 12.5. The highest BCUT2D eigenvalue weighted by atomic mass is 79.9. The summed E-state index contributed by atoms with van der Waals surface area (Å²) in [7, 11) is 0. The highest BCUT2D eigenvalue weighted by Gasteiger charge is 2.14. The van der Waals surface area contributed by atoms with E-state index in [0.29, 0.717) is 6.42 Å². The van der Waals surface area contributed by atoms with Crippen LogP contribution in [0.15, 0.2) is 63.7 Å². The number of aliphatic hydroxyl groups is 1. The molecule has 0 aliphatic rings. The van der Waals surface area contributed by atoms with Gasteiger partial charge < -0.3 is 5.11 Å². The molecule has 2 nitrogen and oxygen atoms in total. The summed E-state index contributed by atoms with van der Waals surface area (Å²) in [6.07, 6.45) is 1.75. The van der Waals surface area contributed by atoms with Crippen molar-refractivity contribution >= 4 is 42.8 Å². The first-order chi connectivity index (χ1) is 10.1. The van der Waals surface area contributed by atoms with Crippen molar-refractivity contribution in [1.29, 1.82) is 0 Å². The van der Waals surface area contributed by atoms with E-state index < -0.39 is 6.10 Å². The maximum Gasteiger partial charge on any atom is 0.0851 e. The molecule has 0 radical (unpaired) electrons. The Morgan fingerprint density at radius 3 is 2.52 bits per heavy atom. The zero-order chi connectivity index (χ0) is 14.8. The molecule has 0 bridgehead atoms. The van der Waals surface area contributed by atoms with Gasteiger partial charge in [-0.3, -0.25) is 4.98 Å². The molecule has 0 spiro atoms. The third-order valence-corrected chi connectivity index (χ3v) is 4.67. The van der Waals surface area contributed by atoms with Gasteiger partial charge in [-0.25, -0.2) is 0 Å². The molecular weight excluding hydrogens is 394 g/mol. The number of nitrogens with zero attached hydrogens (tertiary/aromatic N) is 1. The van der Waals surface area contributed by atoms with Crippen molar-refractivity contribution in [3.8, 4) is 0 Å². The fraction of sp³-hybridized carbons (Fsp3) is 0.118. The Bertz CT molecular complexity index is 771. The van der Waals surface area contributed by atoms with E-state index in [4.69, 9.17) is 0 Å². The van der Waals surface area contributed by atoms with Gasteiger partial charge in [0.2, 0.25) is 0 Å². The second-order valence-corrected chi connectivity index (χ2v) is 6.65. The lowest BCUT2D eigenvalue weighted by Gasteiger charge is -2.14. The number of halogens is 2. The minimum Gasteiger partial charge on any atom is -0.388 e. The van der Waals surface area contributed by atoms with Crippen LogP contribution in [0.4, 0.5) is 0 Å². The van der Waals surface area contributed by atoms with E-state index in [1.807, 2.05) is 48.5 Å². The molecule has 1 N–H and O–H groups in total. The molecule has 3 aromatic rings. The lowest BCUT2D eigenvalue weighted by atomic mass is 9.99. The van der Waals surface area contributed by atoms with Gasteiger partial charge in [-0.05, 0) is 29.8 Å². The fourth-order valence-corrected chi connectivity index (χ4v) is 3.10. The van der Waals surface area contributed by atoms with Crippen LogP contribution in [0.2, 0.25) is 0 Å². The van der Waals surface area contributed by atoms with Gasteiger partial charge in [0.05, 0.1) is 11.6 Å². The van der Waals surface area contributed by atoms with E-state index >= 15 is 0 Å². The van der Waals surface area contributed by atoms with Gasteiger partial charge in [-0.1, -0.05) is 56.1 Å².